The third kappa shape index (κ3) is 3.09. The summed E-state index contributed by atoms with van der Waals surface area (Å²) in [6, 6.07) is 4.36. The van der Waals surface area contributed by atoms with Gasteiger partial charge in [0.05, 0.1) is 18.8 Å². The van der Waals surface area contributed by atoms with Gasteiger partial charge in [0.25, 0.3) is 0 Å². The lowest BCUT2D eigenvalue weighted by molar-refractivity contribution is 0.315. The summed E-state index contributed by atoms with van der Waals surface area (Å²) in [5, 5.41) is 7.56. The molecule has 0 aromatic carbocycles. The molecule has 2 aromatic heterocycles. The zero-order valence-electron chi connectivity index (χ0n) is 10.7. The fraction of sp³-hybridized carbons (Fsp3) is 0.357. The first-order valence-corrected chi connectivity index (χ1v) is 7.06. The molecule has 0 amide bonds. The SMILES string of the molecule is CCCOc1cncc(C(NC)c2ccsc2)c1. The summed E-state index contributed by atoms with van der Waals surface area (Å²) in [4.78, 5) is 4.25. The Morgan fingerprint density at radius 2 is 2.28 bits per heavy atom. The molecule has 0 spiro atoms. The largest absolute Gasteiger partial charge is 0.492 e. The van der Waals surface area contributed by atoms with Gasteiger partial charge in [0.2, 0.25) is 0 Å². The molecule has 0 bridgehead atoms. The van der Waals surface area contributed by atoms with Crippen LogP contribution in [0, 0.1) is 0 Å². The minimum Gasteiger partial charge on any atom is -0.492 e. The zero-order valence-corrected chi connectivity index (χ0v) is 11.5. The van der Waals surface area contributed by atoms with Crippen LogP contribution in [0.4, 0.5) is 0 Å². The van der Waals surface area contributed by atoms with Gasteiger partial charge in [0.1, 0.15) is 5.75 Å². The normalized spacial score (nSPS) is 12.3. The van der Waals surface area contributed by atoms with Crippen LogP contribution in [0.3, 0.4) is 0 Å². The highest BCUT2D eigenvalue weighted by Gasteiger charge is 2.13. The summed E-state index contributed by atoms with van der Waals surface area (Å²) in [6.07, 6.45) is 4.65. The number of nitrogens with one attached hydrogen (secondary N) is 1. The molecule has 4 heteroatoms. The number of rotatable bonds is 6. The molecule has 0 saturated heterocycles. The van der Waals surface area contributed by atoms with Crippen LogP contribution >= 0.6 is 11.3 Å². The van der Waals surface area contributed by atoms with Crippen LogP contribution in [-0.2, 0) is 0 Å². The average Bonchev–Trinajstić information content (AvgIpc) is 2.92. The molecule has 2 rings (SSSR count). The molecular weight excluding hydrogens is 244 g/mol. The van der Waals surface area contributed by atoms with Crippen LogP contribution in [0.1, 0.15) is 30.5 Å². The number of thiophene rings is 1. The van der Waals surface area contributed by atoms with E-state index in [1.807, 2.05) is 13.2 Å². The average molecular weight is 262 g/mol. The predicted octanol–water partition coefficient (Wildman–Crippen LogP) is 3.24. The lowest BCUT2D eigenvalue weighted by Gasteiger charge is -2.16. The van der Waals surface area contributed by atoms with E-state index in [9.17, 15) is 0 Å². The number of hydrogen-bond donors (Lipinski definition) is 1. The van der Waals surface area contributed by atoms with E-state index >= 15 is 0 Å². The van der Waals surface area contributed by atoms with Gasteiger partial charge >= 0.3 is 0 Å². The molecular formula is C14H18N2OS. The highest BCUT2D eigenvalue weighted by molar-refractivity contribution is 7.08. The van der Waals surface area contributed by atoms with E-state index in [0.29, 0.717) is 0 Å². The molecule has 0 saturated carbocycles. The Kier molecular flexibility index (Phi) is 4.73. The maximum atomic E-state index is 5.62. The Labute approximate surface area is 112 Å². The van der Waals surface area contributed by atoms with Crippen molar-refractivity contribution in [3.05, 3.63) is 46.4 Å². The number of pyridine rings is 1. The molecule has 0 aliphatic carbocycles. The van der Waals surface area contributed by atoms with Gasteiger partial charge in [-0.3, -0.25) is 4.98 Å². The molecule has 1 N–H and O–H groups in total. The summed E-state index contributed by atoms with van der Waals surface area (Å²) >= 11 is 1.70. The second-order valence-corrected chi connectivity index (χ2v) is 4.86. The van der Waals surface area contributed by atoms with Gasteiger partial charge in [-0.2, -0.15) is 11.3 Å². The summed E-state index contributed by atoms with van der Waals surface area (Å²) in [5.74, 6) is 0.838. The standard InChI is InChI=1S/C14H18N2OS/c1-3-5-17-13-7-12(8-16-9-13)14(15-2)11-4-6-18-10-11/h4,6-10,14-15H,3,5H2,1-2H3. The van der Waals surface area contributed by atoms with E-state index in [-0.39, 0.29) is 6.04 Å². The topological polar surface area (TPSA) is 34.1 Å². The lowest BCUT2D eigenvalue weighted by Crippen LogP contribution is -2.17. The molecule has 2 heterocycles. The van der Waals surface area contributed by atoms with Gasteiger partial charge in [0, 0.05) is 6.20 Å². The summed E-state index contributed by atoms with van der Waals surface area (Å²) < 4.78 is 5.62. The fourth-order valence-electron chi connectivity index (χ4n) is 1.86. The van der Waals surface area contributed by atoms with Crippen LogP contribution in [0.15, 0.2) is 35.3 Å². The second kappa shape index (κ2) is 6.52. The zero-order chi connectivity index (χ0) is 12.8. The smallest absolute Gasteiger partial charge is 0.137 e. The Morgan fingerprint density at radius 3 is 2.94 bits per heavy atom. The van der Waals surface area contributed by atoms with Crippen LogP contribution < -0.4 is 10.1 Å². The molecule has 3 nitrogen and oxygen atoms in total. The van der Waals surface area contributed by atoms with Crippen molar-refractivity contribution >= 4 is 11.3 Å². The van der Waals surface area contributed by atoms with Gasteiger partial charge in [-0.15, -0.1) is 0 Å². The monoisotopic (exact) mass is 262 g/mol. The highest BCUT2D eigenvalue weighted by Crippen LogP contribution is 2.25. The molecule has 0 radical (unpaired) electrons. The van der Waals surface area contributed by atoms with Crippen molar-refractivity contribution in [2.24, 2.45) is 0 Å². The molecule has 0 aliphatic rings. The number of aromatic nitrogens is 1. The molecule has 0 aliphatic heterocycles. The Morgan fingerprint density at radius 1 is 1.39 bits per heavy atom. The maximum absolute atomic E-state index is 5.62. The Balaban J connectivity index is 2.20. The third-order valence-corrected chi connectivity index (χ3v) is 3.41. The molecule has 1 atom stereocenters. The van der Waals surface area contributed by atoms with E-state index < -0.39 is 0 Å². The van der Waals surface area contributed by atoms with Crippen molar-refractivity contribution in [2.75, 3.05) is 13.7 Å². The van der Waals surface area contributed by atoms with E-state index in [2.05, 4.69) is 40.1 Å². The summed E-state index contributed by atoms with van der Waals surface area (Å²) in [5.41, 5.74) is 2.39. The van der Waals surface area contributed by atoms with Crippen molar-refractivity contribution in [3.63, 3.8) is 0 Å². The minimum atomic E-state index is 0.175. The van der Waals surface area contributed by atoms with Gasteiger partial charge in [-0.25, -0.2) is 0 Å². The summed E-state index contributed by atoms with van der Waals surface area (Å²) in [7, 11) is 1.96. The van der Waals surface area contributed by atoms with Crippen molar-refractivity contribution in [2.45, 2.75) is 19.4 Å². The highest BCUT2D eigenvalue weighted by atomic mass is 32.1. The van der Waals surface area contributed by atoms with E-state index in [1.54, 1.807) is 17.5 Å². The van der Waals surface area contributed by atoms with Crippen molar-refractivity contribution in [1.29, 1.82) is 0 Å². The Hall–Kier alpha value is -1.39. The quantitative estimate of drug-likeness (QED) is 0.867. The number of nitrogens with zero attached hydrogens (tertiary/aromatic N) is 1. The first-order valence-electron chi connectivity index (χ1n) is 6.12. The first-order chi connectivity index (χ1) is 8.85. The third-order valence-electron chi connectivity index (χ3n) is 2.71. The maximum Gasteiger partial charge on any atom is 0.137 e. The van der Waals surface area contributed by atoms with Gasteiger partial charge in [0.15, 0.2) is 0 Å². The van der Waals surface area contributed by atoms with Crippen LogP contribution in [0.5, 0.6) is 5.75 Å². The fourth-order valence-corrected chi connectivity index (χ4v) is 2.54. The van der Waals surface area contributed by atoms with E-state index in [1.165, 1.54) is 5.56 Å². The van der Waals surface area contributed by atoms with Gasteiger partial charge in [-0.05, 0) is 47.5 Å². The number of ether oxygens (including phenoxy) is 1. The van der Waals surface area contributed by atoms with E-state index in [0.717, 1.165) is 24.3 Å². The summed E-state index contributed by atoms with van der Waals surface area (Å²) in [6.45, 7) is 2.83. The van der Waals surface area contributed by atoms with Crippen molar-refractivity contribution < 1.29 is 4.74 Å². The predicted molar refractivity (Wildman–Crippen MR) is 75.2 cm³/mol. The molecule has 1 unspecified atom stereocenters. The van der Waals surface area contributed by atoms with Crippen LogP contribution in [-0.4, -0.2) is 18.6 Å². The first kappa shape index (κ1) is 13.1. The van der Waals surface area contributed by atoms with Crippen LogP contribution in [0.2, 0.25) is 0 Å². The molecule has 0 fully saturated rings. The second-order valence-electron chi connectivity index (χ2n) is 4.08. The van der Waals surface area contributed by atoms with Crippen molar-refractivity contribution in [1.82, 2.24) is 10.3 Å². The van der Waals surface area contributed by atoms with Gasteiger partial charge in [-0.1, -0.05) is 6.92 Å². The molecule has 18 heavy (non-hydrogen) atoms. The van der Waals surface area contributed by atoms with Crippen molar-refractivity contribution in [3.8, 4) is 5.75 Å². The van der Waals surface area contributed by atoms with Gasteiger partial charge < -0.3 is 10.1 Å². The number of hydrogen-bond acceptors (Lipinski definition) is 4. The molecule has 96 valence electrons. The van der Waals surface area contributed by atoms with E-state index in [4.69, 9.17) is 4.74 Å². The lowest BCUT2D eigenvalue weighted by atomic mass is 10.0. The minimum absolute atomic E-state index is 0.175. The molecule has 2 aromatic rings. The van der Waals surface area contributed by atoms with Crippen LogP contribution in [0.25, 0.3) is 0 Å². The Bertz CT molecular complexity index is 470.